The molecule has 0 heterocycles. The topological polar surface area (TPSA) is 3.24 Å². The highest BCUT2D eigenvalue weighted by Crippen LogP contribution is 2.52. The molecule has 0 spiro atoms. The molecule has 7 aromatic rings. The van der Waals surface area contributed by atoms with Gasteiger partial charge < -0.3 is 4.90 Å². The molecule has 2 aliphatic carbocycles. The summed E-state index contributed by atoms with van der Waals surface area (Å²) in [4.78, 5) is 2.39. The number of nitrogens with zero attached hydrogens (tertiary/aromatic N) is 1. The molecule has 224 valence electrons. The van der Waals surface area contributed by atoms with Crippen LogP contribution in [-0.4, -0.2) is 0 Å². The highest BCUT2D eigenvalue weighted by Gasteiger charge is 2.36. The molecular weight excluding hydrogens is 567 g/mol. The van der Waals surface area contributed by atoms with Crippen LogP contribution in [-0.2, 0) is 11.8 Å². The van der Waals surface area contributed by atoms with E-state index in [4.69, 9.17) is 0 Å². The minimum atomic E-state index is -0.123. The third-order valence-electron chi connectivity index (χ3n) is 10.3. The van der Waals surface area contributed by atoms with Gasteiger partial charge in [0, 0.05) is 22.5 Å². The Labute approximate surface area is 277 Å². The monoisotopic (exact) mass is 601 g/mol. The van der Waals surface area contributed by atoms with Crippen LogP contribution in [0.5, 0.6) is 0 Å². The average molecular weight is 602 g/mol. The van der Waals surface area contributed by atoms with E-state index in [1.165, 1.54) is 72.4 Å². The minimum absolute atomic E-state index is 0.123. The van der Waals surface area contributed by atoms with Crippen molar-refractivity contribution in [3.63, 3.8) is 0 Å². The summed E-state index contributed by atoms with van der Waals surface area (Å²) in [5.41, 5.74) is 19.4. The lowest BCUT2D eigenvalue weighted by Crippen LogP contribution is -2.16. The number of hydrogen-bond donors (Lipinski definition) is 0. The lowest BCUT2D eigenvalue weighted by atomic mass is 9.81. The van der Waals surface area contributed by atoms with E-state index in [1.54, 1.807) is 0 Å². The number of benzene rings is 7. The Hall–Kier alpha value is -5.66. The smallest absolute Gasteiger partial charge is 0.0465 e. The van der Waals surface area contributed by atoms with Crippen molar-refractivity contribution < 1.29 is 0 Å². The molecule has 47 heavy (non-hydrogen) atoms. The largest absolute Gasteiger partial charge is 0.310 e. The van der Waals surface area contributed by atoms with Crippen LogP contribution in [0.1, 0.15) is 36.1 Å². The summed E-state index contributed by atoms with van der Waals surface area (Å²) in [6.07, 6.45) is 1.01. The van der Waals surface area contributed by atoms with Crippen molar-refractivity contribution in [2.75, 3.05) is 4.90 Å². The fourth-order valence-electron chi connectivity index (χ4n) is 7.92. The van der Waals surface area contributed by atoms with Crippen molar-refractivity contribution in [2.24, 2.45) is 0 Å². The number of para-hydroxylation sites is 1. The quantitative estimate of drug-likeness (QED) is 0.190. The molecule has 2 aliphatic rings. The number of hydrogen-bond acceptors (Lipinski definition) is 1. The van der Waals surface area contributed by atoms with Crippen molar-refractivity contribution in [1.82, 2.24) is 0 Å². The van der Waals surface area contributed by atoms with Crippen molar-refractivity contribution in [2.45, 2.75) is 25.7 Å². The van der Waals surface area contributed by atoms with Crippen LogP contribution in [0, 0.1) is 0 Å². The van der Waals surface area contributed by atoms with Crippen LogP contribution in [0.15, 0.2) is 164 Å². The Kier molecular flexibility index (Phi) is 6.30. The summed E-state index contributed by atoms with van der Waals surface area (Å²) in [5, 5.41) is 0. The summed E-state index contributed by atoms with van der Waals surface area (Å²) >= 11 is 0. The van der Waals surface area contributed by atoms with Crippen molar-refractivity contribution in [3.05, 3.63) is 186 Å². The molecule has 0 aliphatic heterocycles. The third-order valence-corrected chi connectivity index (χ3v) is 10.3. The van der Waals surface area contributed by atoms with Gasteiger partial charge in [0.2, 0.25) is 0 Å². The van der Waals surface area contributed by atoms with Gasteiger partial charge in [-0.3, -0.25) is 0 Å². The zero-order valence-electron chi connectivity index (χ0n) is 26.7. The zero-order chi connectivity index (χ0) is 31.5. The van der Waals surface area contributed by atoms with Crippen LogP contribution < -0.4 is 4.90 Å². The molecule has 0 radical (unpaired) electrons. The van der Waals surface area contributed by atoms with Gasteiger partial charge in [-0.05, 0) is 116 Å². The lowest BCUT2D eigenvalue weighted by molar-refractivity contribution is 0.660. The molecule has 1 heteroatoms. The van der Waals surface area contributed by atoms with Gasteiger partial charge in [-0.2, -0.15) is 0 Å². The normalized spacial score (nSPS) is 13.4. The van der Waals surface area contributed by atoms with Gasteiger partial charge in [0.1, 0.15) is 0 Å². The summed E-state index contributed by atoms with van der Waals surface area (Å²) in [7, 11) is 0. The van der Waals surface area contributed by atoms with Gasteiger partial charge in [0.25, 0.3) is 0 Å². The van der Waals surface area contributed by atoms with E-state index in [-0.39, 0.29) is 5.41 Å². The first-order valence-corrected chi connectivity index (χ1v) is 16.6. The number of rotatable bonds is 5. The zero-order valence-corrected chi connectivity index (χ0v) is 26.7. The van der Waals surface area contributed by atoms with Crippen LogP contribution in [0.3, 0.4) is 0 Å². The van der Waals surface area contributed by atoms with Crippen molar-refractivity contribution >= 4 is 17.1 Å². The fourth-order valence-corrected chi connectivity index (χ4v) is 7.92. The maximum Gasteiger partial charge on any atom is 0.0465 e. The molecule has 7 aromatic carbocycles. The molecule has 0 aromatic heterocycles. The molecule has 0 fully saturated rings. The van der Waals surface area contributed by atoms with Gasteiger partial charge in [-0.25, -0.2) is 0 Å². The summed E-state index contributed by atoms with van der Waals surface area (Å²) in [6, 6.07) is 60.2. The Balaban J connectivity index is 1.12. The van der Waals surface area contributed by atoms with Gasteiger partial charge in [-0.15, -0.1) is 0 Å². The van der Waals surface area contributed by atoms with Crippen LogP contribution in [0.25, 0.3) is 44.5 Å². The van der Waals surface area contributed by atoms with Crippen LogP contribution in [0.4, 0.5) is 17.1 Å². The second kappa shape index (κ2) is 10.7. The van der Waals surface area contributed by atoms with Gasteiger partial charge in [0.15, 0.2) is 0 Å². The SMILES string of the molecule is CC1(C)c2cc(-c3ccccc3)ccc2-c2ccc(N(c3ccccc3)c3ccc(-c4cccc5c4-c4ccccc4C5)cc3)cc21. The fraction of sp³-hybridized carbons (Fsp3) is 0.0870. The Morgan fingerprint density at radius 2 is 0.979 bits per heavy atom. The lowest BCUT2D eigenvalue weighted by Gasteiger charge is -2.28. The Morgan fingerprint density at radius 1 is 0.404 bits per heavy atom. The Bertz CT molecular complexity index is 2280. The molecular formula is C46H35N. The van der Waals surface area contributed by atoms with Crippen molar-refractivity contribution in [1.29, 1.82) is 0 Å². The van der Waals surface area contributed by atoms with Crippen molar-refractivity contribution in [3.8, 4) is 44.5 Å². The van der Waals surface area contributed by atoms with E-state index in [9.17, 15) is 0 Å². The maximum absolute atomic E-state index is 2.42. The third kappa shape index (κ3) is 4.46. The van der Waals surface area contributed by atoms with Crippen LogP contribution >= 0.6 is 0 Å². The molecule has 0 saturated carbocycles. The highest BCUT2D eigenvalue weighted by atomic mass is 15.1. The van der Waals surface area contributed by atoms with Gasteiger partial charge in [0.05, 0.1) is 0 Å². The molecule has 0 amide bonds. The second-order valence-electron chi connectivity index (χ2n) is 13.4. The van der Waals surface area contributed by atoms with E-state index in [0.717, 1.165) is 17.8 Å². The van der Waals surface area contributed by atoms with Crippen LogP contribution in [0.2, 0.25) is 0 Å². The van der Waals surface area contributed by atoms with E-state index in [2.05, 4.69) is 183 Å². The molecule has 1 nitrogen and oxygen atoms in total. The second-order valence-corrected chi connectivity index (χ2v) is 13.4. The number of anilines is 3. The first-order chi connectivity index (χ1) is 23.1. The molecule has 0 unspecified atom stereocenters. The number of fused-ring (bicyclic) bond motifs is 6. The highest BCUT2D eigenvalue weighted by molar-refractivity contribution is 5.91. The van der Waals surface area contributed by atoms with E-state index in [0.29, 0.717) is 0 Å². The molecule has 0 N–H and O–H groups in total. The van der Waals surface area contributed by atoms with E-state index in [1.807, 2.05) is 0 Å². The Morgan fingerprint density at radius 3 is 1.77 bits per heavy atom. The predicted octanol–water partition coefficient (Wildman–Crippen LogP) is 12.4. The summed E-state index contributed by atoms with van der Waals surface area (Å²) in [6.45, 7) is 4.74. The first-order valence-electron chi connectivity index (χ1n) is 16.6. The summed E-state index contributed by atoms with van der Waals surface area (Å²) < 4.78 is 0. The maximum atomic E-state index is 2.42. The van der Waals surface area contributed by atoms with E-state index < -0.39 is 0 Å². The molecule has 0 atom stereocenters. The first kappa shape index (κ1) is 27.6. The minimum Gasteiger partial charge on any atom is -0.310 e. The molecule has 0 bridgehead atoms. The van der Waals surface area contributed by atoms with Gasteiger partial charge >= 0.3 is 0 Å². The predicted molar refractivity (Wildman–Crippen MR) is 198 cm³/mol. The average Bonchev–Trinajstić information content (AvgIpc) is 3.61. The summed E-state index contributed by atoms with van der Waals surface area (Å²) in [5.74, 6) is 0. The standard InChI is InChI=1S/C46H35N/c1-46(2)43-29-33(31-12-5-3-6-13-31)22-26-41(43)42-27-25-38(30-44(42)46)47(36-16-7-4-8-17-36)37-23-20-32(21-24-37)39-19-11-15-35-28-34-14-9-10-18-40(34)45(35)39/h3-27,29-30H,28H2,1-2H3. The van der Waals surface area contributed by atoms with Gasteiger partial charge in [-0.1, -0.05) is 135 Å². The molecule has 0 saturated heterocycles. The van der Waals surface area contributed by atoms with E-state index >= 15 is 0 Å². The molecule has 9 rings (SSSR count).